The van der Waals surface area contributed by atoms with Crippen molar-refractivity contribution in [1.29, 1.82) is 0 Å². The molecule has 1 aliphatic heterocycles. The van der Waals surface area contributed by atoms with Gasteiger partial charge >= 0.3 is 5.97 Å². The zero-order chi connectivity index (χ0) is 25.6. The number of carbonyl (C=O) groups is 1. The van der Waals surface area contributed by atoms with E-state index in [2.05, 4.69) is 46.4 Å². The Morgan fingerprint density at radius 1 is 1.11 bits per heavy atom. The lowest BCUT2D eigenvalue weighted by Crippen LogP contribution is -2.18. The predicted octanol–water partition coefficient (Wildman–Crippen LogP) is 5.95. The van der Waals surface area contributed by atoms with Crippen LogP contribution in [0.3, 0.4) is 0 Å². The van der Waals surface area contributed by atoms with Gasteiger partial charge < -0.3 is 14.5 Å². The Kier molecular flexibility index (Phi) is 8.79. The van der Waals surface area contributed by atoms with Gasteiger partial charge in [-0.05, 0) is 86.9 Å². The first-order valence-corrected chi connectivity index (χ1v) is 15.3. The van der Waals surface area contributed by atoms with Gasteiger partial charge in [0.1, 0.15) is 0 Å². The molecule has 1 saturated carbocycles. The summed E-state index contributed by atoms with van der Waals surface area (Å²) in [6.07, 6.45) is 7.17. The summed E-state index contributed by atoms with van der Waals surface area (Å²) < 4.78 is 23.2. The molecule has 5 rings (SSSR count). The molecule has 6 nitrogen and oxygen atoms in total. The van der Waals surface area contributed by atoms with Crippen LogP contribution in [0.4, 0.5) is 0 Å². The summed E-state index contributed by atoms with van der Waals surface area (Å²) in [4.78, 5) is 21.8. The van der Waals surface area contributed by atoms with Crippen LogP contribution in [0.1, 0.15) is 56.2 Å². The number of hydrogen-bond acceptors (Lipinski definition) is 6. The minimum absolute atomic E-state index is 0.215. The van der Waals surface area contributed by atoms with Crippen LogP contribution in [-0.2, 0) is 25.1 Å². The highest BCUT2D eigenvalue weighted by Crippen LogP contribution is 2.36. The smallest absolute Gasteiger partial charge is 0.316 e. The quantitative estimate of drug-likeness (QED) is 0.240. The number of rotatable bonds is 11. The van der Waals surface area contributed by atoms with Crippen LogP contribution in [0.25, 0.3) is 11.4 Å². The first-order chi connectivity index (χ1) is 18.1. The summed E-state index contributed by atoms with van der Waals surface area (Å²) in [6, 6.07) is 16.7. The van der Waals surface area contributed by atoms with Crippen molar-refractivity contribution in [3.05, 3.63) is 66.0 Å². The van der Waals surface area contributed by atoms with Gasteiger partial charge in [-0.3, -0.25) is 14.0 Å². The molecular formula is C29H34N2O4S2. The highest BCUT2D eigenvalue weighted by molar-refractivity contribution is 8.00. The van der Waals surface area contributed by atoms with Crippen molar-refractivity contribution in [2.24, 2.45) is 5.92 Å². The normalized spacial score (nSPS) is 17.9. The fourth-order valence-corrected chi connectivity index (χ4v) is 6.81. The summed E-state index contributed by atoms with van der Waals surface area (Å²) in [6.45, 7) is 3.86. The molecule has 3 heterocycles. The lowest BCUT2D eigenvalue weighted by atomic mass is 9.83. The molecule has 0 radical (unpaired) electrons. The highest BCUT2D eigenvalue weighted by atomic mass is 32.2. The number of nitrogens with one attached hydrogen (secondary N) is 1. The second-order valence-electron chi connectivity index (χ2n) is 9.71. The summed E-state index contributed by atoms with van der Waals surface area (Å²) in [5.74, 6) is 0.898. The van der Waals surface area contributed by atoms with Crippen molar-refractivity contribution < 1.29 is 18.5 Å². The Hall–Kier alpha value is -2.42. The molecule has 2 atom stereocenters. The van der Waals surface area contributed by atoms with Gasteiger partial charge in [-0.1, -0.05) is 12.1 Å². The molecular weight excluding hydrogens is 504 g/mol. The zero-order valence-electron chi connectivity index (χ0n) is 21.2. The Morgan fingerprint density at radius 3 is 2.57 bits per heavy atom. The number of carbonyl (C=O) groups excluding carboxylic acids is 1. The molecule has 1 N–H and O–H groups in total. The van der Waals surface area contributed by atoms with Crippen LogP contribution in [0.2, 0.25) is 0 Å². The maximum Gasteiger partial charge on any atom is 0.316 e. The second-order valence-corrected chi connectivity index (χ2v) is 12.5. The number of H-pyrrole nitrogens is 1. The third-order valence-corrected chi connectivity index (χ3v) is 9.78. The Morgan fingerprint density at radius 2 is 1.89 bits per heavy atom. The minimum Gasteiger partial charge on any atom is -0.465 e. The van der Waals surface area contributed by atoms with Crippen LogP contribution in [0.5, 0.6) is 0 Å². The van der Waals surface area contributed by atoms with Gasteiger partial charge in [0.2, 0.25) is 0 Å². The fraction of sp³-hybridized carbons (Fsp3) is 0.448. The molecule has 0 bridgehead atoms. The number of thioether (sulfide) groups is 1. The highest BCUT2D eigenvalue weighted by Gasteiger charge is 2.29. The van der Waals surface area contributed by atoms with Gasteiger partial charge in [0.25, 0.3) is 0 Å². The van der Waals surface area contributed by atoms with Crippen molar-refractivity contribution in [3.63, 3.8) is 0 Å². The number of ether oxygens (including phenoxy) is 2. The molecule has 8 heteroatoms. The molecule has 2 fully saturated rings. The third-order valence-electron chi connectivity index (χ3n) is 7.01. The maximum absolute atomic E-state index is 12.6. The van der Waals surface area contributed by atoms with Gasteiger partial charge in [0.15, 0.2) is 0 Å². The van der Waals surface area contributed by atoms with Gasteiger partial charge in [0, 0.05) is 46.1 Å². The number of aromatic amines is 1. The van der Waals surface area contributed by atoms with E-state index in [4.69, 9.17) is 9.47 Å². The molecule has 196 valence electrons. The summed E-state index contributed by atoms with van der Waals surface area (Å²) in [7, 11) is -0.885. The first-order valence-electron chi connectivity index (χ1n) is 13.1. The molecule has 2 aliphatic rings. The monoisotopic (exact) mass is 538 g/mol. The van der Waals surface area contributed by atoms with Crippen molar-refractivity contribution in [3.8, 4) is 11.4 Å². The molecule has 0 spiro atoms. The molecule has 2 unspecified atom stereocenters. The van der Waals surface area contributed by atoms with E-state index in [1.165, 1.54) is 23.0 Å². The number of benzene rings is 1. The van der Waals surface area contributed by atoms with E-state index in [1.54, 1.807) is 6.20 Å². The van der Waals surface area contributed by atoms with Crippen LogP contribution in [-0.4, -0.2) is 51.0 Å². The van der Waals surface area contributed by atoms with Crippen molar-refractivity contribution in [2.45, 2.75) is 60.0 Å². The molecule has 37 heavy (non-hydrogen) atoms. The second kappa shape index (κ2) is 12.4. The Bertz CT molecular complexity index is 1200. The molecule has 2 aromatic heterocycles. The first kappa shape index (κ1) is 26.2. The van der Waals surface area contributed by atoms with Crippen molar-refractivity contribution in [1.82, 2.24) is 9.97 Å². The van der Waals surface area contributed by atoms with Gasteiger partial charge in [-0.2, -0.15) is 0 Å². The van der Waals surface area contributed by atoms with E-state index in [9.17, 15) is 9.00 Å². The molecule has 1 aromatic carbocycles. The number of hydrogen-bond donors (Lipinski definition) is 1. The van der Waals surface area contributed by atoms with Gasteiger partial charge in [-0.15, -0.1) is 11.8 Å². The SMILES string of the molecule is CCOC(=O)CSc1ccc(-c2ccc(C(CC3CCOCC3)c3ccc(S(=O)C4CC4)cc3)[nH]2)nc1. The number of esters is 1. The van der Waals surface area contributed by atoms with Gasteiger partial charge in [-0.25, -0.2) is 0 Å². The van der Waals surface area contributed by atoms with E-state index in [-0.39, 0.29) is 17.6 Å². The average molecular weight is 539 g/mol. The average Bonchev–Trinajstić information content (AvgIpc) is 3.68. The van der Waals surface area contributed by atoms with Crippen molar-refractivity contribution in [2.75, 3.05) is 25.6 Å². The minimum atomic E-state index is -0.885. The zero-order valence-corrected chi connectivity index (χ0v) is 22.8. The van der Waals surface area contributed by atoms with Crippen molar-refractivity contribution >= 4 is 28.5 Å². The molecule has 0 amide bonds. The van der Waals surface area contributed by atoms with Crippen LogP contribution in [0.15, 0.2) is 64.5 Å². The van der Waals surface area contributed by atoms with E-state index >= 15 is 0 Å². The summed E-state index contributed by atoms with van der Waals surface area (Å²) in [5.41, 5.74) is 4.25. The molecule has 3 aromatic rings. The topological polar surface area (TPSA) is 81.3 Å². The molecule has 1 saturated heterocycles. The van der Waals surface area contributed by atoms with E-state index in [1.807, 2.05) is 19.1 Å². The fourth-order valence-electron chi connectivity index (χ4n) is 4.80. The third kappa shape index (κ3) is 6.92. The lowest BCUT2D eigenvalue weighted by molar-refractivity contribution is -0.139. The van der Waals surface area contributed by atoms with E-state index in [0.29, 0.717) is 17.8 Å². The van der Waals surface area contributed by atoms with Crippen LogP contribution < -0.4 is 0 Å². The summed E-state index contributed by atoms with van der Waals surface area (Å²) >= 11 is 1.43. The van der Waals surface area contributed by atoms with Gasteiger partial charge in [0.05, 0.1) is 34.5 Å². The Labute approximate surface area is 225 Å². The standard InChI is InChI=1S/C29H34N2O4S2/c1-2-35-29(32)19-36-22-5-10-27(30-18-22)28-12-11-26(31-28)25(17-20-13-15-34-16-14-20)21-3-6-23(7-4-21)37(33)24-8-9-24/h3-7,10-12,18,20,24-25,31H,2,8-9,13-17,19H2,1H3. The van der Waals surface area contributed by atoms with Crippen LogP contribution in [0, 0.1) is 5.92 Å². The van der Waals surface area contributed by atoms with E-state index < -0.39 is 10.8 Å². The molecule has 1 aliphatic carbocycles. The van der Waals surface area contributed by atoms with Crippen LogP contribution >= 0.6 is 11.8 Å². The largest absolute Gasteiger partial charge is 0.465 e. The number of aromatic nitrogens is 2. The lowest BCUT2D eigenvalue weighted by Gasteiger charge is -2.27. The summed E-state index contributed by atoms with van der Waals surface area (Å²) in [5, 5.41) is 0.345. The number of nitrogens with zero attached hydrogens (tertiary/aromatic N) is 1. The predicted molar refractivity (Wildman–Crippen MR) is 147 cm³/mol. The Balaban J connectivity index is 1.32. The van der Waals surface area contributed by atoms with E-state index in [0.717, 1.165) is 66.5 Å². The number of pyridine rings is 1. The maximum atomic E-state index is 12.6.